The molecular formula is C8H16F3N. The molecule has 74 valence electrons. The molecule has 1 unspecified atom stereocenters. The van der Waals surface area contributed by atoms with E-state index >= 15 is 0 Å². The Morgan fingerprint density at radius 3 is 2.17 bits per heavy atom. The van der Waals surface area contributed by atoms with Crippen LogP contribution in [0.2, 0.25) is 0 Å². The molecule has 0 saturated carbocycles. The molecule has 12 heavy (non-hydrogen) atoms. The second-order valence-corrected chi connectivity index (χ2v) is 2.79. The van der Waals surface area contributed by atoms with E-state index in [0.717, 1.165) is 6.42 Å². The van der Waals surface area contributed by atoms with E-state index in [2.05, 4.69) is 5.32 Å². The van der Waals surface area contributed by atoms with Crippen molar-refractivity contribution < 1.29 is 13.2 Å². The summed E-state index contributed by atoms with van der Waals surface area (Å²) in [7, 11) is 0. The van der Waals surface area contributed by atoms with Crippen molar-refractivity contribution in [2.75, 3.05) is 6.54 Å². The van der Waals surface area contributed by atoms with Gasteiger partial charge in [-0.3, -0.25) is 0 Å². The van der Waals surface area contributed by atoms with Gasteiger partial charge in [-0.05, 0) is 13.0 Å². The molecule has 1 atom stereocenters. The van der Waals surface area contributed by atoms with E-state index in [1.54, 1.807) is 6.92 Å². The van der Waals surface area contributed by atoms with E-state index in [4.69, 9.17) is 0 Å². The summed E-state index contributed by atoms with van der Waals surface area (Å²) in [5, 5.41) is 2.43. The number of rotatable bonds is 5. The highest BCUT2D eigenvalue weighted by Gasteiger charge is 2.37. The molecule has 0 aromatic heterocycles. The molecule has 0 aromatic rings. The molecule has 0 radical (unpaired) electrons. The first-order chi connectivity index (χ1) is 5.52. The second kappa shape index (κ2) is 5.41. The minimum atomic E-state index is -4.09. The summed E-state index contributed by atoms with van der Waals surface area (Å²) in [4.78, 5) is 0. The Morgan fingerprint density at radius 1 is 1.25 bits per heavy atom. The van der Waals surface area contributed by atoms with Crippen molar-refractivity contribution in [3.63, 3.8) is 0 Å². The third-order valence-corrected chi connectivity index (χ3v) is 1.69. The van der Waals surface area contributed by atoms with Crippen LogP contribution in [0.1, 0.15) is 33.1 Å². The van der Waals surface area contributed by atoms with Crippen molar-refractivity contribution in [1.82, 2.24) is 5.32 Å². The first-order valence-electron chi connectivity index (χ1n) is 4.32. The zero-order chi connectivity index (χ0) is 9.61. The van der Waals surface area contributed by atoms with Gasteiger partial charge in [0.1, 0.15) is 6.04 Å². The van der Waals surface area contributed by atoms with E-state index in [0.29, 0.717) is 13.0 Å². The second-order valence-electron chi connectivity index (χ2n) is 2.79. The van der Waals surface area contributed by atoms with Crippen molar-refractivity contribution in [3.8, 4) is 0 Å². The zero-order valence-electron chi connectivity index (χ0n) is 7.54. The Labute approximate surface area is 71.3 Å². The van der Waals surface area contributed by atoms with Gasteiger partial charge in [0.25, 0.3) is 0 Å². The Kier molecular flexibility index (Phi) is 5.29. The molecule has 0 fully saturated rings. The fraction of sp³-hybridized carbons (Fsp3) is 1.00. The van der Waals surface area contributed by atoms with Crippen molar-refractivity contribution >= 4 is 0 Å². The highest BCUT2D eigenvalue weighted by Crippen LogP contribution is 2.23. The SMILES string of the molecule is CCCCC(NCC)C(F)(F)F. The molecule has 0 aliphatic carbocycles. The summed E-state index contributed by atoms with van der Waals surface area (Å²) in [5.41, 5.74) is 0. The van der Waals surface area contributed by atoms with Gasteiger partial charge < -0.3 is 5.32 Å². The highest BCUT2D eigenvalue weighted by atomic mass is 19.4. The minimum Gasteiger partial charge on any atom is -0.306 e. The lowest BCUT2D eigenvalue weighted by Gasteiger charge is -2.20. The number of halogens is 3. The maximum absolute atomic E-state index is 12.2. The maximum atomic E-state index is 12.2. The summed E-state index contributed by atoms with van der Waals surface area (Å²) in [6.07, 6.45) is -2.48. The number of alkyl halides is 3. The van der Waals surface area contributed by atoms with E-state index in [1.807, 2.05) is 6.92 Å². The molecule has 0 heterocycles. The largest absolute Gasteiger partial charge is 0.403 e. The van der Waals surface area contributed by atoms with E-state index in [9.17, 15) is 13.2 Å². The Hall–Kier alpha value is -0.250. The zero-order valence-corrected chi connectivity index (χ0v) is 7.54. The number of unbranched alkanes of at least 4 members (excludes halogenated alkanes) is 1. The number of hydrogen-bond acceptors (Lipinski definition) is 1. The third-order valence-electron chi connectivity index (χ3n) is 1.69. The molecule has 0 rings (SSSR count). The lowest BCUT2D eigenvalue weighted by atomic mass is 10.1. The normalized spacial score (nSPS) is 14.8. The Bertz CT molecular complexity index is 111. The van der Waals surface area contributed by atoms with Crippen LogP contribution < -0.4 is 5.32 Å². The van der Waals surface area contributed by atoms with Crippen molar-refractivity contribution in [1.29, 1.82) is 0 Å². The standard InChI is InChI=1S/C8H16F3N/c1-3-5-6-7(12-4-2)8(9,10)11/h7,12H,3-6H2,1-2H3. The lowest BCUT2D eigenvalue weighted by Crippen LogP contribution is -2.41. The van der Waals surface area contributed by atoms with Crippen LogP contribution in [0, 0.1) is 0 Å². The Morgan fingerprint density at radius 2 is 1.83 bits per heavy atom. The molecule has 0 aliphatic rings. The predicted octanol–water partition coefficient (Wildman–Crippen LogP) is 2.72. The van der Waals surface area contributed by atoms with Gasteiger partial charge in [0.05, 0.1) is 0 Å². The van der Waals surface area contributed by atoms with Crippen LogP contribution in [0.4, 0.5) is 13.2 Å². The van der Waals surface area contributed by atoms with Crippen LogP contribution in [0.5, 0.6) is 0 Å². The van der Waals surface area contributed by atoms with Gasteiger partial charge in [-0.1, -0.05) is 26.7 Å². The molecule has 0 aliphatic heterocycles. The molecule has 1 nitrogen and oxygen atoms in total. The first kappa shape index (κ1) is 11.8. The van der Waals surface area contributed by atoms with Crippen LogP contribution in [-0.4, -0.2) is 18.8 Å². The van der Waals surface area contributed by atoms with Gasteiger partial charge in [-0.2, -0.15) is 13.2 Å². The van der Waals surface area contributed by atoms with Gasteiger partial charge in [0.2, 0.25) is 0 Å². The van der Waals surface area contributed by atoms with E-state index in [1.165, 1.54) is 0 Å². The van der Waals surface area contributed by atoms with Gasteiger partial charge in [0.15, 0.2) is 0 Å². The fourth-order valence-corrected chi connectivity index (χ4v) is 1.04. The molecule has 0 bridgehead atoms. The van der Waals surface area contributed by atoms with Crippen molar-refractivity contribution in [2.24, 2.45) is 0 Å². The van der Waals surface area contributed by atoms with Crippen LogP contribution >= 0.6 is 0 Å². The maximum Gasteiger partial charge on any atom is 0.403 e. The Balaban J connectivity index is 3.86. The van der Waals surface area contributed by atoms with Gasteiger partial charge >= 0.3 is 6.18 Å². The van der Waals surface area contributed by atoms with Gasteiger partial charge in [-0.25, -0.2) is 0 Å². The molecule has 0 spiro atoms. The topological polar surface area (TPSA) is 12.0 Å². The molecule has 0 aromatic carbocycles. The average Bonchev–Trinajstić information content (AvgIpc) is 1.95. The highest BCUT2D eigenvalue weighted by molar-refractivity contribution is 4.73. The molecule has 4 heteroatoms. The van der Waals surface area contributed by atoms with Crippen LogP contribution in [0.15, 0.2) is 0 Å². The molecule has 0 saturated heterocycles. The van der Waals surface area contributed by atoms with Crippen molar-refractivity contribution in [2.45, 2.75) is 45.3 Å². The third kappa shape index (κ3) is 4.59. The van der Waals surface area contributed by atoms with Gasteiger partial charge in [-0.15, -0.1) is 0 Å². The summed E-state index contributed by atoms with van der Waals surface area (Å²) in [5.74, 6) is 0. The average molecular weight is 183 g/mol. The smallest absolute Gasteiger partial charge is 0.306 e. The summed E-state index contributed by atoms with van der Waals surface area (Å²) < 4.78 is 36.5. The molecule has 1 N–H and O–H groups in total. The molecular weight excluding hydrogens is 167 g/mol. The minimum absolute atomic E-state index is 0.188. The quantitative estimate of drug-likeness (QED) is 0.691. The molecule has 0 amide bonds. The summed E-state index contributed by atoms with van der Waals surface area (Å²) in [6, 6.07) is -1.32. The lowest BCUT2D eigenvalue weighted by molar-refractivity contribution is -0.157. The van der Waals surface area contributed by atoms with Crippen molar-refractivity contribution in [3.05, 3.63) is 0 Å². The monoisotopic (exact) mass is 183 g/mol. The first-order valence-corrected chi connectivity index (χ1v) is 4.32. The van der Waals surface area contributed by atoms with Gasteiger partial charge in [0, 0.05) is 0 Å². The number of hydrogen-bond donors (Lipinski definition) is 1. The van der Waals surface area contributed by atoms with E-state index < -0.39 is 12.2 Å². The summed E-state index contributed by atoms with van der Waals surface area (Å²) in [6.45, 7) is 3.94. The van der Waals surface area contributed by atoms with Crippen LogP contribution in [-0.2, 0) is 0 Å². The fourth-order valence-electron chi connectivity index (χ4n) is 1.04. The van der Waals surface area contributed by atoms with E-state index in [-0.39, 0.29) is 6.42 Å². The summed E-state index contributed by atoms with van der Waals surface area (Å²) >= 11 is 0. The van der Waals surface area contributed by atoms with Crippen LogP contribution in [0.25, 0.3) is 0 Å². The predicted molar refractivity (Wildman–Crippen MR) is 43.0 cm³/mol. The number of nitrogens with one attached hydrogen (secondary N) is 1. The van der Waals surface area contributed by atoms with Crippen LogP contribution in [0.3, 0.4) is 0 Å².